The van der Waals surface area contributed by atoms with Gasteiger partial charge in [0.1, 0.15) is 0 Å². The Balaban J connectivity index is 2.04. The van der Waals surface area contributed by atoms with E-state index in [4.69, 9.17) is 0 Å². The number of fused-ring (bicyclic) bond motifs is 1. The fraction of sp³-hybridized carbons (Fsp3) is 0.500. The van der Waals surface area contributed by atoms with E-state index in [0.29, 0.717) is 6.04 Å². The van der Waals surface area contributed by atoms with Crippen LogP contribution in [0.4, 0.5) is 0 Å². The van der Waals surface area contributed by atoms with Crippen LogP contribution in [0.1, 0.15) is 42.9 Å². The molecule has 17 heavy (non-hydrogen) atoms. The van der Waals surface area contributed by atoms with Gasteiger partial charge in [-0.05, 0) is 48.9 Å². The molecule has 0 saturated carbocycles. The van der Waals surface area contributed by atoms with Crippen molar-refractivity contribution >= 4 is 6.08 Å². The van der Waals surface area contributed by atoms with Crippen LogP contribution >= 0.6 is 0 Å². The molecule has 0 aliphatic heterocycles. The van der Waals surface area contributed by atoms with Gasteiger partial charge < -0.3 is 5.32 Å². The van der Waals surface area contributed by atoms with E-state index in [1.165, 1.54) is 48.8 Å². The Morgan fingerprint density at radius 3 is 3.12 bits per heavy atom. The second-order valence-corrected chi connectivity index (χ2v) is 4.94. The zero-order chi connectivity index (χ0) is 12.1. The van der Waals surface area contributed by atoms with Gasteiger partial charge in [-0.15, -0.1) is 0 Å². The van der Waals surface area contributed by atoms with Crippen LogP contribution in [0, 0.1) is 0 Å². The lowest BCUT2D eigenvalue weighted by Crippen LogP contribution is -2.35. The van der Waals surface area contributed by atoms with Crippen LogP contribution in [0.3, 0.4) is 0 Å². The predicted octanol–water partition coefficient (Wildman–Crippen LogP) is 3.58. The van der Waals surface area contributed by atoms with Gasteiger partial charge in [0.2, 0.25) is 0 Å². The highest BCUT2D eigenvalue weighted by Crippen LogP contribution is 2.25. The highest BCUT2D eigenvalue weighted by atomic mass is 14.9. The molecule has 0 radical (unpaired) electrons. The van der Waals surface area contributed by atoms with Crippen LogP contribution < -0.4 is 5.32 Å². The van der Waals surface area contributed by atoms with Gasteiger partial charge in [0.05, 0.1) is 0 Å². The minimum absolute atomic E-state index is 0.662. The minimum Gasteiger partial charge on any atom is -0.314 e. The van der Waals surface area contributed by atoms with Crippen LogP contribution in [-0.2, 0) is 12.8 Å². The van der Waals surface area contributed by atoms with Crippen molar-refractivity contribution in [3.05, 3.63) is 41.5 Å². The van der Waals surface area contributed by atoms with Gasteiger partial charge in [-0.25, -0.2) is 0 Å². The number of rotatable bonds is 5. The summed E-state index contributed by atoms with van der Waals surface area (Å²) in [6, 6.07) is 7.26. The summed E-state index contributed by atoms with van der Waals surface area (Å²) in [5.74, 6) is 0. The normalized spacial score (nSPS) is 18.8. The van der Waals surface area contributed by atoms with Crippen molar-refractivity contribution in [1.82, 2.24) is 5.32 Å². The number of hydrogen-bond donors (Lipinski definition) is 1. The Morgan fingerprint density at radius 1 is 1.47 bits per heavy atom. The van der Waals surface area contributed by atoms with Crippen molar-refractivity contribution in [2.24, 2.45) is 0 Å². The van der Waals surface area contributed by atoms with E-state index in [2.05, 4.69) is 37.0 Å². The van der Waals surface area contributed by atoms with Crippen molar-refractivity contribution < 1.29 is 0 Å². The zero-order valence-electron chi connectivity index (χ0n) is 10.8. The largest absolute Gasteiger partial charge is 0.314 e. The molecule has 1 aliphatic rings. The maximum Gasteiger partial charge on any atom is 0.0111 e. The summed E-state index contributed by atoms with van der Waals surface area (Å²) in [5, 5.41) is 3.68. The first-order valence-corrected chi connectivity index (χ1v) is 6.81. The maximum absolute atomic E-state index is 3.92. The predicted molar refractivity (Wildman–Crippen MR) is 75.3 cm³/mol. The summed E-state index contributed by atoms with van der Waals surface area (Å²) in [4.78, 5) is 0. The Morgan fingerprint density at radius 2 is 2.35 bits per heavy atom. The fourth-order valence-corrected chi connectivity index (χ4v) is 2.66. The van der Waals surface area contributed by atoms with Gasteiger partial charge in [0.15, 0.2) is 0 Å². The van der Waals surface area contributed by atoms with Crippen molar-refractivity contribution in [3.63, 3.8) is 0 Å². The van der Waals surface area contributed by atoms with Crippen molar-refractivity contribution in [3.8, 4) is 0 Å². The highest BCUT2D eigenvalue weighted by molar-refractivity contribution is 5.55. The highest BCUT2D eigenvalue weighted by Gasteiger charge is 2.19. The van der Waals surface area contributed by atoms with E-state index in [0.717, 1.165) is 6.54 Å². The maximum atomic E-state index is 3.92. The molecule has 0 spiro atoms. The molecule has 0 aromatic heterocycles. The number of hydrogen-bond acceptors (Lipinski definition) is 1. The molecule has 0 fully saturated rings. The molecule has 0 saturated heterocycles. The molecule has 1 aliphatic carbocycles. The number of benzene rings is 1. The second-order valence-electron chi connectivity index (χ2n) is 4.94. The van der Waals surface area contributed by atoms with E-state index >= 15 is 0 Å². The third kappa shape index (κ3) is 2.98. The molecule has 1 aromatic rings. The van der Waals surface area contributed by atoms with Crippen molar-refractivity contribution in [1.29, 1.82) is 0 Å². The number of nitrogens with one attached hydrogen (secondary N) is 1. The van der Waals surface area contributed by atoms with Gasteiger partial charge >= 0.3 is 0 Å². The number of aryl methyl sites for hydroxylation is 1. The SMILES string of the molecule is C=Cc1cccc2c1CC(NCCCC)CC2. The van der Waals surface area contributed by atoms with Crippen LogP contribution in [0.2, 0.25) is 0 Å². The summed E-state index contributed by atoms with van der Waals surface area (Å²) in [5.41, 5.74) is 4.36. The minimum atomic E-state index is 0.662. The first-order valence-electron chi connectivity index (χ1n) is 6.81. The van der Waals surface area contributed by atoms with E-state index < -0.39 is 0 Å². The van der Waals surface area contributed by atoms with Crippen LogP contribution in [0.5, 0.6) is 0 Å². The van der Waals surface area contributed by atoms with Gasteiger partial charge in [-0.2, -0.15) is 0 Å². The Hall–Kier alpha value is -1.08. The quantitative estimate of drug-likeness (QED) is 0.761. The van der Waals surface area contributed by atoms with Crippen LogP contribution in [0.15, 0.2) is 24.8 Å². The number of unbranched alkanes of at least 4 members (excludes halogenated alkanes) is 1. The standard InChI is InChI=1S/C16H23N/c1-3-5-11-17-15-10-9-14-8-6-7-13(4-2)16(14)12-15/h4,6-8,15,17H,2-3,5,9-12H2,1H3. The molecular weight excluding hydrogens is 206 g/mol. The smallest absolute Gasteiger partial charge is 0.0111 e. The summed E-state index contributed by atoms with van der Waals surface area (Å²) in [6.45, 7) is 7.32. The zero-order valence-corrected chi connectivity index (χ0v) is 10.8. The van der Waals surface area contributed by atoms with Gasteiger partial charge in [0, 0.05) is 6.04 Å². The van der Waals surface area contributed by atoms with E-state index in [-0.39, 0.29) is 0 Å². The molecule has 1 nitrogen and oxygen atoms in total. The summed E-state index contributed by atoms with van der Waals surface area (Å²) < 4.78 is 0. The Bertz CT molecular complexity index is 381. The molecule has 1 N–H and O–H groups in total. The first-order chi connectivity index (χ1) is 8.35. The molecule has 0 bridgehead atoms. The lowest BCUT2D eigenvalue weighted by Gasteiger charge is -2.27. The fourth-order valence-electron chi connectivity index (χ4n) is 2.66. The molecule has 1 heteroatoms. The molecule has 1 aromatic carbocycles. The molecule has 1 atom stereocenters. The summed E-state index contributed by atoms with van der Waals surface area (Å²) in [6.07, 6.45) is 8.20. The second kappa shape index (κ2) is 6.02. The van der Waals surface area contributed by atoms with E-state index in [9.17, 15) is 0 Å². The van der Waals surface area contributed by atoms with Crippen LogP contribution in [-0.4, -0.2) is 12.6 Å². The third-order valence-electron chi connectivity index (χ3n) is 3.71. The molecule has 1 unspecified atom stereocenters. The molecule has 0 amide bonds. The monoisotopic (exact) mass is 229 g/mol. The topological polar surface area (TPSA) is 12.0 Å². The van der Waals surface area contributed by atoms with E-state index in [1.807, 2.05) is 6.08 Å². The third-order valence-corrected chi connectivity index (χ3v) is 3.71. The first kappa shape index (κ1) is 12.4. The van der Waals surface area contributed by atoms with E-state index in [1.54, 1.807) is 0 Å². The van der Waals surface area contributed by atoms with Gasteiger partial charge in [0.25, 0.3) is 0 Å². The Labute approximate surface area is 105 Å². The van der Waals surface area contributed by atoms with Crippen LogP contribution in [0.25, 0.3) is 6.08 Å². The van der Waals surface area contributed by atoms with Gasteiger partial charge in [-0.1, -0.05) is 44.2 Å². The lowest BCUT2D eigenvalue weighted by molar-refractivity contribution is 0.453. The molecule has 0 heterocycles. The average Bonchev–Trinajstić information content (AvgIpc) is 2.38. The van der Waals surface area contributed by atoms with Crippen molar-refractivity contribution in [2.45, 2.75) is 45.1 Å². The average molecular weight is 229 g/mol. The molecule has 2 rings (SSSR count). The summed E-state index contributed by atoms with van der Waals surface area (Å²) >= 11 is 0. The summed E-state index contributed by atoms with van der Waals surface area (Å²) in [7, 11) is 0. The Kier molecular flexibility index (Phi) is 4.38. The lowest BCUT2D eigenvalue weighted by atomic mass is 9.85. The van der Waals surface area contributed by atoms with Crippen molar-refractivity contribution in [2.75, 3.05) is 6.54 Å². The van der Waals surface area contributed by atoms with Gasteiger partial charge in [-0.3, -0.25) is 0 Å². The molecule has 92 valence electrons. The molecular formula is C16H23N.